The van der Waals surface area contributed by atoms with E-state index < -0.39 is 18.0 Å². The highest BCUT2D eigenvalue weighted by atomic mass is 16.4. The largest absolute Gasteiger partial charge is 0.481 e. The zero-order chi connectivity index (χ0) is 14.4. The first kappa shape index (κ1) is 15.4. The van der Waals surface area contributed by atoms with Crippen molar-refractivity contribution in [2.45, 2.75) is 32.2 Å². The predicted octanol–water partition coefficient (Wildman–Crippen LogP) is -0.141. The predicted molar refractivity (Wildman–Crippen MR) is 66.7 cm³/mol. The summed E-state index contributed by atoms with van der Waals surface area (Å²) in [7, 11) is 0. The lowest BCUT2D eigenvalue weighted by molar-refractivity contribution is -0.146. The Balaban J connectivity index is 2.58. The molecule has 1 amide bonds. The SMILES string of the molecule is CC(C(=O)O)N(CCC(=O)O)CC(=O)N1CCCC1. The van der Waals surface area contributed by atoms with Gasteiger partial charge in [0.05, 0.1) is 13.0 Å². The van der Waals surface area contributed by atoms with E-state index in [1.807, 2.05) is 0 Å². The fourth-order valence-corrected chi connectivity index (χ4v) is 2.05. The zero-order valence-electron chi connectivity index (χ0n) is 11.0. The summed E-state index contributed by atoms with van der Waals surface area (Å²) < 4.78 is 0. The van der Waals surface area contributed by atoms with Crippen LogP contribution in [0.5, 0.6) is 0 Å². The minimum absolute atomic E-state index is 0.0409. The molecular formula is C12H20N2O5. The van der Waals surface area contributed by atoms with Crippen LogP contribution in [-0.2, 0) is 14.4 Å². The first-order chi connectivity index (χ1) is 8.91. The molecule has 0 aromatic heterocycles. The Morgan fingerprint density at radius 1 is 1.21 bits per heavy atom. The van der Waals surface area contributed by atoms with Crippen LogP contribution in [-0.4, -0.2) is 70.1 Å². The summed E-state index contributed by atoms with van der Waals surface area (Å²) in [6.45, 7) is 2.88. The van der Waals surface area contributed by atoms with Crippen molar-refractivity contribution in [2.24, 2.45) is 0 Å². The summed E-state index contributed by atoms with van der Waals surface area (Å²) in [5, 5.41) is 17.6. The van der Waals surface area contributed by atoms with Gasteiger partial charge in [0, 0.05) is 19.6 Å². The summed E-state index contributed by atoms with van der Waals surface area (Å²) in [6.07, 6.45) is 1.76. The van der Waals surface area contributed by atoms with Gasteiger partial charge >= 0.3 is 11.9 Å². The number of carbonyl (C=O) groups excluding carboxylic acids is 1. The Kier molecular flexibility index (Phi) is 5.75. The number of hydrogen-bond acceptors (Lipinski definition) is 4. The molecule has 2 N–H and O–H groups in total. The molecule has 0 aliphatic carbocycles. The highest BCUT2D eigenvalue weighted by molar-refractivity contribution is 5.80. The fourth-order valence-electron chi connectivity index (χ4n) is 2.05. The van der Waals surface area contributed by atoms with Crippen LogP contribution in [0.3, 0.4) is 0 Å². The smallest absolute Gasteiger partial charge is 0.320 e. The lowest BCUT2D eigenvalue weighted by Crippen LogP contribution is -2.46. The van der Waals surface area contributed by atoms with Crippen LogP contribution in [0.2, 0.25) is 0 Å². The number of nitrogens with zero attached hydrogens (tertiary/aromatic N) is 2. The van der Waals surface area contributed by atoms with E-state index in [0.29, 0.717) is 13.1 Å². The van der Waals surface area contributed by atoms with E-state index >= 15 is 0 Å². The topological polar surface area (TPSA) is 98.1 Å². The maximum absolute atomic E-state index is 12.0. The van der Waals surface area contributed by atoms with Crippen molar-refractivity contribution in [2.75, 3.05) is 26.2 Å². The van der Waals surface area contributed by atoms with Crippen molar-refractivity contribution in [1.29, 1.82) is 0 Å². The Labute approximate surface area is 111 Å². The van der Waals surface area contributed by atoms with Crippen molar-refractivity contribution < 1.29 is 24.6 Å². The van der Waals surface area contributed by atoms with Crippen LogP contribution in [0.15, 0.2) is 0 Å². The second kappa shape index (κ2) is 7.08. The molecule has 0 aromatic carbocycles. The maximum Gasteiger partial charge on any atom is 0.320 e. The number of carboxylic acids is 2. The summed E-state index contributed by atoms with van der Waals surface area (Å²) >= 11 is 0. The van der Waals surface area contributed by atoms with Crippen LogP contribution in [0, 0.1) is 0 Å². The lowest BCUT2D eigenvalue weighted by atomic mass is 10.2. The molecule has 0 radical (unpaired) electrons. The highest BCUT2D eigenvalue weighted by Gasteiger charge is 2.26. The normalized spacial score (nSPS) is 16.6. The maximum atomic E-state index is 12.0. The van der Waals surface area contributed by atoms with Crippen LogP contribution in [0.4, 0.5) is 0 Å². The van der Waals surface area contributed by atoms with E-state index in [0.717, 1.165) is 12.8 Å². The average molecular weight is 272 g/mol. The van der Waals surface area contributed by atoms with Gasteiger partial charge in [-0.05, 0) is 19.8 Å². The molecule has 0 bridgehead atoms. The van der Waals surface area contributed by atoms with Gasteiger partial charge in [-0.3, -0.25) is 19.3 Å². The molecule has 1 aliphatic rings. The first-order valence-electron chi connectivity index (χ1n) is 6.38. The highest BCUT2D eigenvalue weighted by Crippen LogP contribution is 2.09. The number of carbonyl (C=O) groups is 3. The Morgan fingerprint density at radius 3 is 2.26 bits per heavy atom. The minimum Gasteiger partial charge on any atom is -0.481 e. The van der Waals surface area contributed by atoms with Gasteiger partial charge in [-0.25, -0.2) is 0 Å². The van der Waals surface area contributed by atoms with Gasteiger partial charge in [-0.15, -0.1) is 0 Å². The van der Waals surface area contributed by atoms with Crippen molar-refractivity contribution in [3.8, 4) is 0 Å². The summed E-state index contributed by atoms with van der Waals surface area (Å²) in [4.78, 5) is 36.6. The van der Waals surface area contributed by atoms with E-state index in [-0.39, 0.29) is 25.4 Å². The second-order valence-corrected chi connectivity index (χ2v) is 4.72. The minimum atomic E-state index is -1.06. The van der Waals surface area contributed by atoms with E-state index in [2.05, 4.69) is 0 Å². The van der Waals surface area contributed by atoms with Gasteiger partial charge in [0.1, 0.15) is 6.04 Å². The molecule has 1 atom stereocenters. The molecule has 0 aromatic rings. The molecule has 7 heteroatoms. The molecule has 0 saturated carbocycles. The molecule has 1 aliphatic heterocycles. The lowest BCUT2D eigenvalue weighted by Gasteiger charge is -2.27. The average Bonchev–Trinajstić information content (AvgIpc) is 2.86. The van der Waals surface area contributed by atoms with Gasteiger partial charge in [0.2, 0.25) is 5.91 Å². The number of hydrogen-bond donors (Lipinski definition) is 2. The van der Waals surface area contributed by atoms with E-state index in [1.165, 1.54) is 11.8 Å². The molecule has 0 spiro atoms. The molecule has 1 saturated heterocycles. The summed E-state index contributed by atoms with van der Waals surface area (Å²) in [5.74, 6) is -2.19. The molecule has 1 rings (SSSR count). The van der Waals surface area contributed by atoms with Crippen LogP contribution in [0.25, 0.3) is 0 Å². The standard InChI is InChI=1S/C12H20N2O5/c1-9(12(18)19)14(7-4-11(16)17)8-10(15)13-5-2-3-6-13/h9H,2-8H2,1H3,(H,16,17)(H,18,19). The van der Waals surface area contributed by atoms with E-state index in [1.54, 1.807) is 4.90 Å². The first-order valence-corrected chi connectivity index (χ1v) is 6.38. The molecule has 108 valence electrons. The molecule has 1 heterocycles. The van der Waals surface area contributed by atoms with Gasteiger partial charge in [0.25, 0.3) is 0 Å². The number of carboxylic acid groups (broad SMARTS) is 2. The van der Waals surface area contributed by atoms with E-state index in [9.17, 15) is 14.4 Å². The molecule has 19 heavy (non-hydrogen) atoms. The summed E-state index contributed by atoms with van der Waals surface area (Å²) in [6, 6.07) is -0.870. The van der Waals surface area contributed by atoms with Gasteiger partial charge in [-0.1, -0.05) is 0 Å². The van der Waals surface area contributed by atoms with Gasteiger partial charge in [0.15, 0.2) is 0 Å². The quantitative estimate of drug-likeness (QED) is 0.669. The third-order valence-electron chi connectivity index (χ3n) is 3.32. The number of aliphatic carboxylic acids is 2. The Hall–Kier alpha value is -1.63. The Bertz CT molecular complexity index is 352. The molecular weight excluding hydrogens is 252 g/mol. The molecule has 1 fully saturated rings. The Morgan fingerprint density at radius 2 is 1.79 bits per heavy atom. The van der Waals surface area contributed by atoms with E-state index in [4.69, 9.17) is 10.2 Å². The zero-order valence-corrected chi connectivity index (χ0v) is 11.0. The fraction of sp³-hybridized carbons (Fsp3) is 0.750. The number of amides is 1. The van der Waals surface area contributed by atoms with Gasteiger partial charge in [-0.2, -0.15) is 0 Å². The second-order valence-electron chi connectivity index (χ2n) is 4.72. The third-order valence-corrected chi connectivity index (χ3v) is 3.32. The number of likely N-dealkylation sites (tertiary alicyclic amines) is 1. The molecule has 1 unspecified atom stereocenters. The molecule has 7 nitrogen and oxygen atoms in total. The van der Waals surface area contributed by atoms with Crippen molar-refractivity contribution in [3.63, 3.8) is 0 Å². The van der Waals surface area contributed by atoms with Crippen LogP contribution < -0.4 is 0 Å². The monoisotopic (exact) mass is 272 g/mol. The summed E-state index contributed by atoms with van der Waals surface area (Å²) in [5.41, 5.74) is 0. The van der Waals surface area contributed by atoms with Crippen LogP contribution in [0.1, 0.15) is 26.2 Å². The number of rotatable bonds is 7. The van der Waals surface area contributed by atoms with Crippen molar-refractivity contribution >= 4 is 17.8 Å². The van der Waals surface area contributed by atoms with Gasteiger partial charge < -0.3 is 15.1 Å². The van der Waals surface area contributed by atoms with Crippen molar-refractivity contribution in [1.82, 2.24) is 9.80 Å². The van der Waals surface area contributed by atoms with Crippen LogP contribution >= 0.6 is 0 Å². The third kappa shape index (κ3) is 4.86. The van der Waals surface area contributed by atoms with Crippen molar-refractivity contribution in [3.05, 3.63) is 0 Å².